The van der Waals surface area contributed by atoms with E-state index in [0.717, 1.165) is 21.3 Å². The second-order valence-electron chi connectivity index (χ2n) is 4.57. The summed E-state index contributed by atoms with van der Waals surface area (Å²) in [7, 11) is 1.55. The molecule has 2 rings (SSSR count). The Morgan fingerprint density at radius 1 is 1.29 bits per heavy atom. The van der Waals surface area contributed by atoms with Crippen LogP contribution in [0.4, 0.5) is 11.4 Å². The van der Waals surface area contributed by atoms with Crippen molar-refractivity contribution in [2.45, 2.75) is 13.5 Å². The fourth-order valence-corrected chi connectivity index (χ4v) is 2.22. The molecule has 110 valence electrons. The summed E-state index contributed by atoms with van der Waals surface area (Å²) in [5, 5.41) is 14.1. The second-order valence-corrected chi connectivity index (χ2v) is 5.43. The van der Waals surface area contributed by atoms with Crippen molar-refractivity contribution >= 4 is 27.3 Å². The summed E-state index contributed by atoms with van der Waals surface area (Å²) in [6.07, 6.45) is 0. The normalized spacial score (nSPS) is 10.2. The van der Waals surface area contributed by atoms with E-state index in [-0.39, 0.29) is 5.69 Å². The Balaban J connectivity index is 2.19. The van der Waals surface area contributed by atoms with Crippen molar-refractivity contribution in [3.63, 3.8) is 0 Å². The monoisotopic (exact) mass is 350 g/mol. The molecule has 0 radical (unpaired) electrons. The number of hydrogen-bond donors (Lipinski definition) is 1. The van der Waals surface area contributed by atoms with Gasteiger partial charge in [-0.3, -0.25) is 10.1 Å². The zero-order chi connectivity index (χ0) is 15.4. The first-order valence-electron chi connectivity index (χ1n) is 6.32. The van der Waals surface area contributed by atoms with Crippen LogP contribution in [0.1, 0.15) is 11.1 Å². The molecule has 0 saturated heterocycles. The molecule has 1 N–H and O–H groups in total. The molecule has 0 fully saturated rings. The fraction of sp³-hybridized carbons (Fsp3) is 0.200. The lowest BCUT2D eigenvalue weighted by Crippen LogP contribution is -2.03. The highest BCUT2D eigenvalue weighted by Gasteiger charge is 2.11. The number of halogens is 1. The van der Waals surface area contributed by atoms with Crippen LogP contribution in [0, 0.1) is 17.0 Å². The van der Waals surface area contributed by atoms with Crippen LogP contribution >= 0.6 is 15.9 Å². The summed E-state index contributed by atoms with van der Waals surface area (Å²) in [5.41, 5.74) is 2.86. The molecule has 5 nitrogen and oxygen atoms in total. The summed E-state index contributed by atoms with van der Waals surface area (Å²) in [5.74, 6) is 0.627. The number of nitrogens with one attached hydrogen (secondary N) is 1. The predicted molar refractivity (Wildman–Crippen MR) is 85.9 cm³/mol. The summed E-state index contributed by atoms with van der Waals surface area (Å²) in [4.78, 5) is 10.4. The molecule has 0 unspecified atom stereocenters. The Bertz CT molecular complexity index is 674. The third kappa shape index (κ3) is 3.72. The zero-order valence-electron chi connectivity index (χ0n) is 11.7. The van der Waals surface area contributed by atoms with E-state index < -0.39 is 4.92 Å². The highest BCUT2D eigenvalue weighted by molar-refractivity contribution is 9.10. The fourth-order valence-electron chi connectivity index (χ4n) is 1.97. The minimum absolute atomic E-state index is 0.0552. The maximum atomic E-state index is 10.8. The van der Waals surface area contributed by atoms with Crippen LogP contribution in [-0.4, -0.2) is 12.0 Å². The van der Waals surface area contributed by atoms with E-state index in [4.69, 9.17) is 4.74 Å². The molecule has 0 aliphatic carbocycles. The minimum Gasteiger partial charge on any atom is -0.496 e. The molecule has 6 heteroatoms. The molecule has 2 aromatic carbocycles. The number of methoxy groups -OCH3 is 1. The van der Waals surface area contributed by atoms with Crippen molar-refractivity contribution < 1.29 is 9.66 Å². The predicted octanol–water partition coefficient (Wildman–Crippen LogP) is 4.29. The van der Waals surface area contributed by atoms with E-state index in [1.165, 1.54) is 12.1 Å². The van der Waals surface area contributed by atoms with E-state index in [0.29, 0.717) is 12.3 Å². The first kappa shape index (κ1) is 15.3. The standard InChI is InChI=1S/C15H15BrN2O3/c1-10-7-12(3-5-14(10)16)17-9-11-8-13(18(19)20)4-6-15(11)21-2/h3-8,17H,9H2,1-2H3. The number of benzene rings is 2. The van der Waals surface area contributed by atoms with Crippen LogP contribution in [0.3, 0.4) is 0 Å². The molecule has 0 heterocycles. The van der Waals surface area contributed by atoms with Gasteiger partial charge in [0, 0.05) is 34.4 Å². The molecule has 2 aromatic rings. The van der Waals surface area contributed by atoms with Crippen LogP contribution in [0.25, 0.3) is 0 Å². The molecular weight excluding hydrogens is 336 g/mol. The first-order valence-corrected chi connectivity index (χ1v) is 7.12. The third-order valence-electron chi connectivity index (χ3n) is 3.12. The van der Waals surface area contributed by atoms with Gasteiger partial charge in [0.1, 0.15) is 5.75 Å². The number of nitro benzene ring substituents is 1. The van der Waals surface area contributed by atoms with Gasteiger partial charge in [-0.05, 0) is 36.8 Å². The van der Waals surface area contributed by atoms with E-state index in [1.807, 2.05) is 25.1 Å². The van der Waals surface area contributed by atoms with Gasteiger partial charge in [0.25, 0.3) is 5.69 Å². The molecule has 0 spiro atoms. The highest BCUT2D eigenvalue weighted by Crippen LogP contribution is 2.26. The van der Waals surface area contributed by atoms with Crippen molar-refractivity contribution in [2.75, 3.05) is 12.4 Å². The Labute approximate surface area is 131 Å². The molecule has 0 amide bonds. The van der Waals surface area contributed by atoms with Gasteiger partial charge in [-0.1, -0.05) is 15.9 Å². The molecule has 0 aliphatic heterocycles. The molecule has 0 atom stereocenters. The minimum atomic E-state index is -0.410. The first-order chi connectivity index (χ1) is 10.0. The van der Waals surface area contributed by atoms with Crippen LogP contribution in [0.15, 0.2) is 40.9 Å². The van der Waals surface area contributed by atoms with Gasteiger partial charge in [-0.2, -0.15) is 0 Å². The van der Waals surface area contributed by atoms with Gasteiger partial charge in [-0.25, -0.2) is 0 Å². The Hall–Kier alpha value is -2.08. The molecule has 0 bridgehead atoms. The maximum absolute atomic E-state index is 10.8. The number of ether oxygens (including phenoxy) is 1. The average Bonchev–Trinajstić information content (AvgIpc) is 2.48. The summed E-state index contributed by atoms with van der Waals surface area (Å²) < 4.78 is 6.28. The Morgan fingerprint density at radius 3 is 2.67 bits per heavy atom. The van der Waals surface area contributed by atoms with Crippen molar-refractivity contribution in [2.24, 2.45) is 0 Å². The van der Waals surface area contributed by atoms with Crippen LogP contribution in [0.2, 0.25) is 0 Å². The lowest BCUT2D eigenvalue weighted by Gasteiger charge is -2.11. The summed E-state index contributed by atoms with van der Waals surface area (Å²) in [6, 6.07) is 10.5. The lowest BCUT2D eigenvalue weighted by molar-refractivity contribution is -0.384. The largest absolute Gasteiger partial charge is 0.496 e. The number of nitro groups is 1. The average molecular weight is 351 g/mol. The summed E-state index contributed by atoms with van der Waals surface area (Å²) >= 11 is 3.45. The quantitative estimate of drug-likeness (QED) is 0.645. The van der Waals surface area contributed by atoms with Gasteiger partial charge in [0.05, 0.1) is 12.0 Å². The van der Waals surface area contributed by atoms with Crippen molar-refractivity contribution in [3.8, 4) is 5.75 Å². The highest BCUT2D eigenvalue weighted by atomic mass is 79.9. The van der Waals surface area contributed by atoms with Crippen molar-refractivity contribution in [3.05, 3.63) is 62.1 Å². The van der Waals surface area contributed by atoms with Gasteiger partial charge in [0.15, 0.2) is 0 Å². The number of aryl methyl sites for hydroxylation is 1. The van der Waals surface area contributed by atoms with Crippen molar-refractivity contribution in [1.82, 2.24) is 0 Å². The molecule has 0 aromatic heterocycles. The number of rotatable bonds is 5. The Morgan fingerprint density at radius 2 is 2.05 bits per heavy atom. The van der Waals surface area contributed by atoms with E-state index in [1.54, 1.807) is 13.2 Å². The maximum Gasteiger partial charge on any atom is 0.270 e. The molecule has 0 saturated carbocycles. The number of nitrogens with zero attached hydrogens (tertiary/aromatic N) is 1. The van der Waals surface area contributed by atoms with E-state index in [2.05, 4.69) is 21.2 Å². The molecule has 21 heavy (non-hydrogen) atoms. The van der Waals surface area contributed by atoms with Gasteiger partial charge >= 0.3 is 0 Å². The zero-order valence-corrected chi connectivity index (χ0v) is 13.3. The number of hydrogen-bond acceptors (Lipinski definition) is 4. The summed E-state index contributed by atoms with van der Waals surface area (Å²) in [6.45, 7) is 2.45. The third-order valence-corrected chi connectivity index (χ3v) is 4.01. The van der Waals surface area contributed by atoms with E-state index >= 15 is 0 Å². The van der Waals surface area contributed by atoms with Gasteiger partial charge < -0.3 is 10.1 Å². The van der Waals surface area contributed by atoms with E-state index in [9.17, 15) is 10.1 Å². The Kier molecular flexibility index (Phi) is 4.80. The smallest absolute Gasteiger partial charge is 0.270 e. The molecule has 0 aliphatic rings. The SMILES string of the molecule is COc1ccc([N+](=O)[O-])cc1CNc1ccc(Br)c(C)c1. The van der Waals surface area contributed by atoms with Crippen LogP contribution in [0.5, 0.6) is 5.75 Å². The number of anilines is 1. The topological polar surface area (TPSA) is 64.4 Å². The number of non-ortho nitro benzene ring substituents is 1. The second kappa shape index (κ2) is 6.58. The van der Waals surface area contributed by atoms with Gasteiger partial charge in [-0.15, -0.1) is 0 Å². The molecular formula is C15H15BrN2O3. The van der Waals surface area contributed by atoms with Crippen molar-refractivity contribution in [1.29, 1.82) is 0 Å². The van der Waals surface area contributed by atoms with Crippen LogP contribution in [-0.2, 0) is 6.54 Å². The lowest BCUT2D eigenvalue weighted by atomic mass is 10.1. The van der Waals surface area contributed by atoms with Crippen LogP contribution < -0.4 is 10.1 Å². The van der Waals surface area contributed by atoms with Gasteiger partial charge in [0.2, 0.25) is 0 Å².